The maximum atomic E-state index is 13.1. The molecular formula is C21H22N4O4S. The molecule has 2 aliphatic rings. The highest BCUT2D eigenvalue weighted by atomic mass is 32.1. The van der Waals surface area contributed by atoms with Gasteiger partial charge in [-0.05, 0) is 31.5 Å². The summed E-state index contributed by atoms with van der Waals surface area (Å²) in [5, 5.41) is 3.92. The number of aryl methyl sites for hydroxylation is 2. The fourth-order valence-corrected chi connectivity index (χ4v) is 4.87. The Morgan fingerprint density at radius 3 is 2.63 bits per heavy atom. The lowest BCUT2D eigenvalue weighted by Crippen LogP contribution is -2.37. The highest BCUT2D eigenvalue weighted by molar-refractivity contribution is 7.20. The molecule has 4 heterocycles. The van der Waals surface area contributed by atoms with Gasteiger partial charge in [-0.15, -0.1) is 11.3 Å². The van der Waals surface area contributed by atoms with Gasteiger partial charge in [-0.2, -0.15) is 0 Å². The van der Waals surface area contributed by atoms with Crippen molar-refractivity contribution in [2.75, 3.05) is 49.7 Å². The number of morpholine rings is 1. The van der Waals surface area contributed by atoms with Gasteiger partial charge in [0.1, 0.15) is 29.7 Å². The molecule has 5 rings (SSSR count). The number of carbonyl (C=O) groups is 1. The molecule has 9 heteroatoms. The molecule has 0 aliphatic carbocycles. The number of rotatable bonds is 3. The zero-order valence-electron chi connectivity index (χ0n) is 16.9. The van der Waals surface area contributed by atoms with E-state index in [1.54, 1.807) is 6.07 Å². The summed E-state index contributed by atoms with van der Waals surface area (Å²) in [6, 6.07) is 5.42. The molecule has 0 saturated carbocycles. The van der Waals surface area contributed by atoms with Gasteiger partial charge in [0.25, 0.3) is 5.91 Å². The van der Waals surface area contributed by atoms with E-state index in [9.17, 15) is 4.79 Å². The molecule has 3 aromatic rings. The molecule has 2 aromatic heterocycles. The topological polar surface area (TPSA) is 85.8 Å². The normalized spacial score (nSPS) is 16.0. The first kappa shape index (κ1) is 19.1. The van der Waals surface area contributed by atoms with Crippen molar-refractivity contribution in [1.29, 1.82) is 0 Å². The minimum Gasteiger partial charge on any atom is -0.486 e. The molecule has 0 bridgehead atoms. The van der Waals surface area contributed by atoms with Crippen LogP contribution in [0.25, 0.3) is 10.2 Å². The predicted octanol–water partition coefficient (Wildman–Crippen LogP) is 3.17. The van der Waals surface area contributed by atoms with Gasteiger partial charge < -0.3 is 24.4 Å². The second kappa shape index (κ2) is 7.73. The van der Waals surface area contributed by atoms with Crippen molar-refractivity contribution in [3.8, 4) is 11.5 Å². The summed E-state index contributed by atoms with van der Waals surface area (Å²) in [7, 11) is 0. The summed E-state index contributed by atoms with van der Waals surface area (Å²) in [5.41, 5.74) is 1.56. The zero-order valence-corrected chi connectivity index (χ0v) is 17.7. The van der Waals surface area contributed by atoms with E-state index in [2.05, 4.69) is 15.2 Å². The molecular weight excluding hydrogens is 404 g/mol. The van der Waals surface area contributed by atoms with Crippen LogP contribution in [-0.2, 0) is 4.74 Å². The van der Waals surface area contributed by atoms with E-state index < -0.39 is 0 Å². The van der Waals surface area contributed by atoms with Crippen molar-refractivity contribution in [2.45, 2.75) is 13.8 Å². The largest absolute Gasteiger partial charge is 0.486 e. The van der Waals surface area contributed by atoms with Crippen molar-refractivity contribution >= 4 is 39.0 Å². The second-order valence-electron chi connectivity index (χ2n) is 7.24. The SMILES string of the molecule is Cc1nc(N2CCOCC2)c2c(C)c(C(=O)Nc3ccc4c(c3)OCCO4)sc2n1. The van der Waals surface area contributed by atoms with E-state index in [1.165, 1.54) is 11.3 Å². The van der Waals surface area contributed by atoms with Crippen LogP contribution in [0.3, 0.4) is 0 Å². The smallest absolute Gasteiger partial charge is 0.266 e. The van der Waals surface area contributed by atoms with E-state index in [0.717, 1.165) is 34.7 Å². The van der Waals surface area contributed by atoms with E-state index in [0.29, 0.717) is 54.3 Å². The molecule has 1 N–H and O–H groups in total. The standard InChI is InChI=1S/C21H22N4O4S/c1-12-17-19(25-5-7-27-8-6-25)22-13(2)23-21(17)30-18(12)20(26)24-14-3-4-15-16(11-14)29-10-9-28-15/h3-4,11H,5-10H2,1-2H3,(H,24,26). The minimum atomic E-state index is -0.169. The number of nitrogens with one attached hydrogen (secondary N) is 1. The summed E-state index contributed by atoms with van der Waals surface area (Å²) in [5.74, 6) is 2.75. The van der Waals surface area contributed by atoms with Crippen LogP contribution in [0.1, 0.15) is 21.1 Å². The van der Waals surface area contributed by atoms with E-state index in [4.69, 9.17) is 19.2 Å². The van der Waals surface area contributed by atoms with Gasteiger partial charge in [0.05, 0.1) is 23.5 Å². The number of hydrogen-bond acceptors (Lipinski definition) is 8. The van der Waals surface area contributed by atoms with Gasteiger partial charge in [-0.3, -0.25) is 4.79 Å². The number of carbonyl (C=O) groups excluding carboxylic acids is 1. The second-order valence-corrected chi connectivity index (χ2v) is 8.24. The van der Waals surface area contributed by atoms with Gasteiger partial charge in [0, 0.05) is 24.8 Å². The Balaban J connectivity index is 1.48. The first-order valence-electron chi connectivity index (χ1n) is 9.91. The molecule has 2 aliphatic heterocycles. The number of amides is 1. The number of thiophene rings is 1. The molecule has 0 atom stereocenters. The average Bonchev–Trinajstić information content (AvgIpc) is 3.10. The average molecular weight is 426 g/mol. The Bertz CT molecular complexity index is 1120. The molecule has 0 spiro atoms. The number of hydrogen-bond donors (Lipinski definition) is 1. The molecule has 1 aromatic carbocycles. The molecule has 1 saturated heterocycles. The van der Waals surface area contributed by atoms with Crippen LogP contribution in [0.15, 0.2) is 18.2 Å². The summed E-state index contributed by atoms with van der Waals surface area (Å²) in [4.78, 5) is 26.1. The third kappa shape index (κ3) is 3.44. The number of fused-ring (bicyclic) bond motifs is 2. The van der Waals surface area contributed by atoms with Gasteiger partial charge in [-0.25, -0.2) is 9.97 Å². The van der Waals surface area contributed by atoms with Gasteiger partial charge in [0.15, 0.2) is 11.5 Å². The summed E-state index contributed by atoms with van der Waals surface area (Å²) >= 11 is 1.40. The van der Waals surface area contributed by atoms with Gasteiger partial charge in [-0.1, -0.05) is 0 Å². The summed E-state index contributed by atoms with van der Waals surface area (Å²) < 4.78 is 16.6. The molecule has 30 heavy (non-hydrogen) atoms. The number of anilines is 2. The highest BCUT2D eigenvalue weighted by Crippen LogP contribution is 2.37. The predicted molar refractivity (Wildman–Crippen MR) is 115 cm³/mol. The molecule has 0 radical (unpaired) electrons. The summed E-state index contributed by atoms with van der Waals surface area (Å²) in [6.07, 6.45) is 0. The number of ether oxygens (including phenoxy) is 3. The molecule has 1 amide bonds. The van der Waals surface area contributed by atoms with Crippen LogP contribution in [0.4, 0.5) is 11.5 Å². The van der Waals surface area contributed by atoms with Crippen molar-refractivity contribution in [3.05, 3.63) is 34.5 Å². The van der Waals surface area contributed by atoms with Crippen molar-refractivity contribution in [3.63, 3.8) is 0 Å². The minimum absolute atomic E-state index is 0.169. The van der Waals surface area contributed by atoms with Crippen LogP contribution in [0, 0.1) is 13.8 Å². The highest BCUT2D eigenvalue weighted by Gasteiger charge is 2.24. The Kier molecular flexibility index (Phi) is 4.92. The Labute approximate surface area is 177 Å². The van der Waals surface area contributed by atoms with E-state index >= 15 is 0 Å². The van der Waals surface area contributed by atoms with Crippen LogP contribution >= 0.6 is 11.3 Å². The van der Waals surface area contributed by atoms with Crippen molar-refractivity contribution in [2.24, 2.45) is 0 Å². The lowest BCUT2D eigenvalue weighted by atomic mass is 10.1. The molecule has 156 valence electrons. The monoisotopic (exact) mass is 426 g/mol. The van der Waals surface area contributed by atoms with Crippen molar-refractivity contribution < 1.29 is 19.0 Å². The number of benzene rings is 1. The Morgan fingerprint density at radius 1 is 1.07 bits per heavy atom. The third-order valence-electron chi connectivity index (χ3n) is 5.20. The first-order valence-corrected chi connectivity index (χ1v) is 10.7. The number of aromatic nitrogens is 2. The maximum Gasteiger partial charge on any atom is 0.266 e. The first-order chi connectivity index (χ1) is 14.6. The summed E-state index contributed by atoms with van der Waals surface area (Å²) in [6.45, 7) is 7.77. The van der Waals surface area contributed by atoms with E-state index in [1.807, 2.05) is 26.0 Å². The van der Waals surface area contributed by atoms with Crippen LogP contribution in [-0.4, -0.2) is 55.4 Å². The molecule has 0 unspecified atom stereocenters. The van der Waals surface area contributed by atoms with E-state index in [-0.39, 0.29) is 5.91 Å². The molecule has 1 fully saturated rings. The fourth-order valence-electron chi connectivity index (χ4n) is 3.75. The van der Waals surface area contributed by atoms with Gasteiger partial charge in [0.2, 0.25) is 0 Å². The lowest BCUT2D eigenvalue weighted by molar-refractivity contribution is 0.103. The molecule has 8 nitrogen and oxygen atoms in total. The van der Waals surface area contributed by atoms with Crippen LogP contribution in [0.5, 0.6) is 11.5 Å². The Morgan fingerprint density at radius 2 is 1.83 bits per heavy atom. The maximum absolute atomic E-state index is 13.1. The number of nitrogens with zero attached hydrogens (tertiary/aromatic N) is 3. The fraction of sp³-hybridized carbons (Fsp3) is 0.381. The van der Waals surface area contributed by atoms with Crippen LogP contribution in [0.2, 0.25) is 0 Å². The zero-order chi connectivity index (χ0) is 20.7. The Hall–Kier alpha value is -2.91. The third-order valence-corrected chi connectivity index (χ3v) is 6.38. The van der Waals surface area contributed by atoms with Crippen molar-refractivity contribution in [1.82, 2.24) is 9.97 Å². The quantitative estimate of drug-likeness (QED) is 0.688. The van der Waals surface area contributed by atoms with Gasteiger partial charge >= 0.3 is 0 Å². The lowest BCUT2D eigenvalue weighted by Gasteiger charge is -2.28. The van der Waals surface area contributed by atoms with Crippen LogP contribution < -0.4 is 19.7 Å².